The van der Waals surface area contributed by atoms with Gasteiger partial charge in [0.15, 0.2) is 0 Å². The van der Waals surface area contributed by atoms with Gasteiger partial charge in [0.2, 0.25) is 5.91 Å². The van der Waals surface area contributed by atoms with Crippen LogP contribution in [0.3, 0.4) is 0 Å². The number of halogens is 1. The van der Waals surface area contributed by atoms with E-state index < -0.39 is 0 Å². The molecule has 6 heteroatoms. The minimum atomic E-state index is -0.301. The van der Waals surface area contributed by atoms with Gasteiger partial charge >= 0.3 is 0 Å². The Bertz CT molecular complexity index is 443. The van der Waals surface area contributed by atoms with Crippen molar-refractivity contribution in [2.45, 2.75) is 0 Å². The van der Waals surface area contributed by atoms with Crippen molar-refractivity contribution in [3.63, 3.8) is 0 Å². The molecule has 0 aliphatic carbocycles. The van der Waals surface area contributed by atoms with Crippen molar-refractivity contribution < 1.29 is 9.53 Å². The van der Waals surface area contributed by atoms with Crippen LogP contribution >= 0.6 is 11.6 Å². The lowest BCUT2D eigenvalue weighted by molar-refractivity contribution is -0.120. The minimum Gasteiger partial charge on any atom is -0.370 e. The van der Waals surface area contributed by atoms with E-state index >= 15 is 0 Å². The van der Waals surface area contributed by atoms with Crippen LogP contribution in [0.25, 0.3) is 0 Å². The summed E-state index contributed by atoms with van der Waals surface area (Å²) in [4.78, 5) is 11.4. The first kappa shape index (κ1) is 13.5. The van der Waals surface area contributed by atoms with E-state index in [4.69, 9.17) is 27.3 Å². The lowest BCUT2D eigenvalue weighted by Crippen LogP contribution is -2.20. The summed E-state index contributed by atoms with van der Waals surface area (Å²) < 4.78 is 4.97. The number of carbonyl (C=O) groups is 1. The summed E-state index contributed by atoms with van der Waals surface area (Å²) in [5, 5.41) is 11.7. The number of amides is 1. The molecule has 1 aromatic rings. The third-order valence-corrected chi connectivity index (χ3v) is 2.20. The number of nitriles is 1. The summed E-state index contributed by atoms with van der Waals surface area (Å²) in [6.45, 7) is 0.631. The number of rotatable bonds is 5. The molecule has 0 saturated heterocycles. The average Bonchev–Trinajstić information content (AvgIpc) is 2.32. The Labute approximate surface area is 104 Å². The fourth-order valence-electron chi connectivity index (χ4n) is 1.13. The monoisotopic (exact) mass is 253 g/mol. The standard InChI is InChI=1S/C11H12ClN3O2/c12-10-2-1-9(5-8(10)6-14)15-11(16)7-17-4-3-13/h1-2,5H,3-4,7,13H2,(H,15,16). The van der Waals surface area contributed by atoms with Crippen LogP contribution in [0.1, 0.15) is 5.56 Å². The van der Waals surface area contributed by atoms with E-state index in [2.05, 4.69) is 5.32 Å². The number of carbonyl (C=O) groups excluding carboxylic acids is 1. The molecule has 0 saturated carbocycles. The highest BCUT2D eigenvalue weighted by Crippen LogP contribution is 2.19. The van der Waals surface area contributed by atoms with Crippen molar-refractivity contribution in [2.75, 3.05) is 25.1 Å². The molecule has 3 N–H and O–H groups in total. The number of benzene rings is 1. The Morgan fingerprint density at radius 1 is 1.59 bits per heavy atom. The largest absolute Gasteiger partial charge is 0.370 e. The van der Waals surface area contributed by atoms with Crippen LogP contribution in [0.15, 0.2) is 18.2 Å². The number of nitrogens with zero attached hydrogens (tertiary/aromatic N) is 1. The predicted molar refractivity (Wildman–Crippen MR) is 64.7 cm³/mol. The number of nitrogens with one attached hydrogen (secondary N) is 1. The molecule has 17 heavy (non-hydrogen) atoms. The highest BCUT2D eigenvalue weighted by Gasteiger charge is 2.05. The molecule has 0 fully saturated rings. The van der Waals surface area contributed by atoms with E-state index in [1.54, 1.807) is 12.1 Å². The maximum atomic E-state index is 11.4. The Morgan fingerprint density at radius 3 is 3.00 bits per heavy atom. The van der Waals surface area contributed by atoms with E-state index in [1.165, 1.54) is 6.07 Å². The highest BCUT2D eigenvalue weighted by molar-refractivity contribution is 6.31. The maximum absolute atomic E-state index is 11.4. The zero-order valence-electron chi connectivity index (χ0n) is 9.07. The van der Waals surface area contributed by atoms with E-state index in [-0.39, 0.29) is 12.5 Å². The minimum absolute atomic E-state index is 0.0677. The van der Waals surface area contributed by atoms with Gasteiger partial charge in [0.05, 0.1) is 17.2 Å². The summed E-state index contributed by atoms with van der Waals surface area (Å²) in [6.07, 6.45) is 0. The first-order valence-electron chi connectivity index (χ1n) is 4.94. The summed E-state index contributed by atoms with van der Waals surface area (Å²) >= 11 is 5.76. The van der Waals surface area contributed by atoms with Gasteiger partial charge in [0, 0.05) is 12.2 Å². The van der Waals surface area contributed by atoms with Gasteiger partial charge in [0.25, 0.3) is 0 Å². The first-order valence-corrected chi connectivity index (χ1v) is 5.32. The molecule has 0 aromatic heterocycles. The average molecular weight is 254 g/mol. The van der Waals surface area contributed by atoms with Gasteiger partial charge in [-0.2, -0.15) is 5.26 Å². The summed E-state index contributed by atoms with van der Waals surface area (Å²) in [7, 11) is 0. The van der Waals surface area contributed by atoms with Crippen molar-refractivity contribution in [3.05, 3.63) is 28.8 Å². The first-order chi connectivity index (χ1) is 8.17. The third-order valence-electron chi connectivity index (χ3n) is 1.87. The van der Waals surface area contributed by atoms with Gasteiger partial charge in [0.1, 0.15) is 12.7 Å². The molecule has 0 bridgehead atoms. The molecule has 90 valence electrons. The van der Waals surface area contributed by atoms with Crippen molar-refractivity contribution in [2.24, 2.45) is 5.73 Å². The zero-order chi connectivity index (χ0) is 12.7. The predicted octanol–water partition coefficient (Wildman–Crippen LogP) is 1.13. The molecule has 5 nitrogen and oxygen atoms in total. The maximum Gasteiger partial charge on any atom is 0.250 e. The number of anilines is 1. The fraction of sp³-hybridized carbons (Fsp3) is 0.273. The fourth-order valence-corrected chi connectivity index (χ4v) is 1.29. The highest BCUT2D eigenvalue weighted by atomic mass is 35.5. The van der Waals surface area contributed by atoms with Gasteiger partial charge < -0.3 is 15.8 Å². The van der Waals surface area contributed by atoms with Crippen LogP contribution in [0, 0.1) is 11.3 Å². The molecule has 0 radical (unpaired) electrons. The molecule has 0 aliphatic heterocycles. The van der Waals surface area contributed by atoms with Crippen molar-refractivity contribution in [1.29, 1.82) is 5.26 Å². The molecule has 0 heterocycles. The molecule has 1 amide bonds. The van der Waals surface area contributed by atoms with Gasteiger partial charge in [-0.3, -0.25) is 4.79 Å². The molecular formula is C11H12ClN3O2. The van der Waals surface area contributed by atoms with Crippen molar-refractivity contribution in [3.8, 4) is 6.07 Å². The van der Waals surface area contributed by atoms with Crippen LogP contribution in [0.4, 0.5) is 5.69 Å². The Hall–Kier alpha value is -1.61. The molecule has 0 unspecified atom stereocenters. The van der Waals surface area contributed by atoms with Gasteiger partial charge in [-0.15, -0.1) is 0 Å². The Balaban J connectivity index is 2.57. The topological polar surface area (TPSA) is 88.1 Å². The van der Waals surface area contributed by atoms with Gasteiger partial charge in [-0.1, -0.05) is 11.6 Å². The third kappa shape index (κ3) is 4.41. The second-order valence-corrected chi connectivity index (χ2v) is 3.60. The van der Waals surface area contributed by atoms with Crippen LogP contribution < -0.4 is 11.1 Å². The second kappa shape index (κ2) is 6.86. The summed E-state index contributed by atoms with van der Waals surface area (Å²) in [6, 6.07) is 6.60. The van der Waals surface area contributed by atoms with Crippen molar-refractivity contribution in [1.82, 2.24) is 0 Å². The Morgan fingerprint density at radius 2 is 2.35 bits per heavy atom. The van der Waals surface area contributed by atoms with Crippen LogP contribution in [-0.4, -0.2) is 25.7 Å². The van der Waals surface area contributed by atoms with E-state index in [0.29, 0.717) is 29.4 Å². The summed E-state index contributed by atoms with van der Waals surface area (Å²) in [5.74, 6) is -0.301. The van der Waals surface area contributed by atoms with Gasteiger partial charge in [-0.05, 0) is 18.2 Å². The number of ether oxygens (including phenoxy) is 1. The molecular weight excluding hydrogens is 242 g/mol. The van der Waals surface area contributed by atoms with E-state index in [1.807, 2.05) is 6.07 Å². The number of nitrogens with two attached hydrogens (primary N) is 1. The van der Waals surface area contributed by atoms with E-state index in [0.717, 1.165) is 0 Å². The number of hydrogen-bond acceptors (Lipinski definition) is 4. The van der Waals surface area contributed by atoms with Gasteiger partial charge in [-0.25, -0.2) is 0 Å². The molecule has 1 aromatic carbocycles. The normalized spacial score (nSPS) is 9.71. The van der Waals surface area contributed by atoms with E-state index in [9.17, 15) is 4.79 Å². The SMILES string of the molecule is N#Cc1cc(NC(=O)COCCN)ccc1Cl. The lowest BCUT2D eigenvalue weighted by Gasteiger charge is -2.06. The van der Waals surface area contributed by atoms with Crippen LogP contribution in [-0.2, 0) is 9.53 Å². The van der Waals surface area contributed by atoms with Crippen LogP contribution in [0.5, 0.6) is 0 Å². The second-order valence-electron chi connectivity index (χ2n) is 3.20. The van der Waals surface area contributed by atoms with Crippen LogP contribution in [0.2, 0.25) is 5.02 Å². The molecule has 1 rings (SSSR count). The Kier molecular flexibility index (Phi) is 5.43. The molecule has 0 aliphatic rings. The molecule has 0 spiro atoms. The smallest absolute Gasteiger partial charge is 0.250 e. The molecule has 0 atom stereocenters. The zero-order valence-corrected chi connectivity index (χ0v) is 9.83. The number of hydrogen-bond donors (Lipinski definition) is 2. The van der Waals surface area contributed by atoms with Crippen molar-refractivity contribution >= 4 is 23.2 Å². The quantitative estimate of drug-likeness (QED) is 0.770. The summed E-state index contributed by atoms with van der Waals surface area (Å²) in [5.41, 5.74) is 6.03. The lowest BCUT2D eigenvalue weighted by atomic mass is 10.2.